The molecule has 5 N–H and O–H groups in total. The third kappa shape index (κ3) is 5.19. The molecule has 0 aliphatic rings. The number of rotatable bonds is 7. The van der Waals surface area contributed by atoms with Crippen molar-refractivity contribution in [3.8, 4) is 11.1 Å². The van der Waals surface area contributed by atoms with Gasteiger partial charge in [0.05, 0.1) is 16.5 Å². The van der Waals surface area contributed by atoms with Gasteiger partial charge in [0.1, 0.15) is 6.54 Å². The van der Waals surface area contributed by atoms with Gasteiger partial charge in [-0.25, -0.2) is 13.1 Å². The van der Waals surface area contributed by atoms with E-state index in [1.807, 2.05) is 0 Å². The zero-order chi connectivity index (χ0) is 19.3. The van der Waals surface area contributed by atoms with Crippen LogP contribution in [0.15, 0.2) is 47.4 Å². The zero-order valence-electron chi connectivity index (χ0n) is 13.4. The van der Waals surface area contributed by atoms with Crippen molar-refractivity contribution in [2.45, 2.75) is 4.90 Å². The van der Waals surface area contributed by atoms with E-state index in [0.29, 0.717) is 21.8 Å². The summed E-state index contributed by atoms with van der Waals surface area (Å²) < 4.78 is 26.5. The van der Waals surface area contributed by atoms with Crippen LogP contribution in [0.5, 0.6) is 0 Å². The topological polar surface area (TPSA) is 139 Å². The van der Waals surface area contributed by atoms with Crippen LogP contribution < -0.4 is 15.8 Å². The van der Waals surface area contributed by atoms with Crippen molar-refractivity contribution < 1.29 is 23.1 Å². The van der Waals surface area contributed by atoms with Crippen LogP contribution >= 0.6 is 11.6 Å². The molecule has 0 spiro atoms. The highest BCUT2D eigenvalue weighted by Crippen LogP contribution is 2.30. The molecule has 0 aliphatic heterocycles. The van der Waals surface area contributed by atoms with Gasteiger partial charge in [0.25, 0.3) is 0 Å². The maximum absolute atomic E-state index is 12.2. The fourth-order valence-corrected chi connectivity index (χ4v) is 3.34. The van der Waals surface area contributed by atoms with E-state index in [4.69, 9.17) is 22.4 Å². The molecule has 0 bridgehead atoms. The lowest BCUT2D eigenvalue weighted by Crippen LogP contribution is -2.38. The fourth-order valence-electron chi connectivity index (χ4n) is 2.06. The number of anilines is 1. The molecule has 2 aromatic rings. The first-order valence-electron chi connectivity index (χ1n) is 7.32. The standard InChI is InChI=1S/C16H16ClN3O5S/c17-14-7-11(18)3-6-13(14)10-1-4-12(5-2-10)26(24,25)20-8-15(21)19-9-16(22)23/h1-7,20H,8-9,18H2,(H,19,21)(H,22,23). The molecule has 2 aromatic carbocycles. The molecule has 0 unspecified atom stereocenters. The van der Waals surface area contributed by atoms with E-state index in [9.17, 15) is 18.0 Å². The van der Waals surface area contributed by atoms with Crippen molar-refractivity contribution in [2.75, 3.05) is 18.8 Å². The summed E-state index contributed by atoms with van der Waals surface area (Å²) in [5, 5.41) is 10.9. The second-order valence-electron chi connectivity index (χ2n) is 5.26. The monoisotopic (exact) mass is 397 g/mol. The summed E-state index contributed by atoms with van der Waals surface area (Å²) in [7, 11) is -3.92. The number of sulfonamides is 1. The number of carboxylic acids is 1. The largest absolute Gasteiger partial charge is 0.480 e. The van der Waals surface area contributed by atoms with E-state index in [0.717, 1.165) is 0 Å². The lowest BCUT2D eigenvalue weighted by atomic mass is 10.1. The summed E-state index contributed by atoms with van der Waals surface area (Å²) in [5.41, 5.74) is 7.56. The fraction of sp³-hybridized carbons (Fsp3) is 0.125. The maximum Gasteiger partial charge on any atom is 0.322 e. The predicted molar refractivity (Wildman–Crippen MR) is 97.1 cm³/mol. The highest BCUT2D eigenvalue weighted by Gasteiger charge is 2.16. The van der Waals surface area contributed by atoms with E-state index >= 15 is 0 Å². The van der Waals surface area contributed by atoms with Crippen LogP contribution in [0, 0.1) is 0 Å². The summed E-state index contributed by atoms with van der Waals surface area (Å²) in [4.78, 5) is 21.7. The Morgan fingerprint density at radius 2 is 1.73 bits per heavy atom. The average Bonchev–Trinajstić information content (AvgIpc) is 2.58. The highest BCUT2D eigenvalue weighted by atomic mass is 35.5. The number of hydrogen-bond acceptors (Lipinski definition) is 5. The van der Waals surface area contributed by atoms with Gasteiger partial charge in [-0.1, -0.05) is 29.8 Å². The second kappa shape index (κ2) is 8.17. The number of nitrogen functional groups attached to an aromatic ring is 1. The Morgan fingerprint density at radius 3 is 2.31 bits per heavy atom. The first-order chi connectivity index (χ1) is 12.2. The molecule has 2 rings (SSSR count). The van der Waals surface area contributed by atoms with Crippen molar-refractivity contribution in [3.63, 3.8) is 0 Å². The van der Waals surface area contributed by atoms with E-state index in [1.54, 1.807) is 30.3 Å². The van der Waals surface area contributed by atoms with Crippen LogP contribution in [-0.4, -0.2) is 38.5 Å². The van der Waals surface area contributed by atoms with Gasteiger partial charge in [-0.05, 0) is 29.8 Å². The minimum atomic E-state index is -3.92. The van der Waals surface area contributed by atoms with Gasteiger partial charge in [-0.3, -0.25) is 9.59 Å². The summed E-state index contributed by atoms with van der Waals surface area (Å²) in [5.74, 6) is -1.97. The van der Waals surface area contributed by atoms with Gasteiger partial charge >= 0.3 is 5.97 Å². The van der Waals surface area contributed by atoms with Crippen molar-refractivity contribution in [2.24, 2.45) is 0 Å². The Balaban J connectivity index is 2.09. The van der Waals surface area contributed by atoms with Crippen molar-refractivity contribution in [3.05, 3.63) is 47.5 Å². The smallest absolute Gasteiger partial charge is 0.322 e. The molecular formula is C16H16ClN3O5S. The van der Waals surface area contributed by atoms with Crippen LogP contribution in [0.25, 0.3) is 11.1 Å². The molecule has 0 aromatic heterocycles. The van der Waals surface area contributed by atoms with Gasteiger partial charge in [0.2, 0.25) is 15.9 Å². The van der Waals surface area contributed by atoms with Gasteiger partial charge in [0, 0.05) is 11.3 Å². The molecular weight excluding hydrogens is 382 g/mol. The van der Waals surface area contributed by atoms with Gasteiger partial charge in [-0.2, -0.15) is 0 Å². The quantitative estimate of drug-likeness (QED) is 0.515. The third-order valence-corrected chi connectivity index (χ3v) is 5.06. The van der Waals surface area contributed by atoms with Gasteiger partial charge in [-0.15, -0.1) is 0 Å². The number of aliphatic carboxylic acids is 1. The van der Waals surface area contributed by atoms with Crippen LogP contribution in [0.2, 0.25) is 5.02 Å². The number of carbonyl (C=O) groups is 2. The van der Waals surface area contributed by atoms with Crippen molar-refractivity contribution in [1.82, 2.24) is 10.0 Å². The van der Waals surface area contributed by atoms with Crippen LogP contribution in [-0.2, 0) is 19.6 Å². The molecule has 0 heterocycles. The lowest BCUT2D eigenvalue weighted by molar-refractivity contribution is -0.137. The average molecular weight is 398 g/mol. The molecule has 0 saturated carbocycles. The zero-order valence-corrected chi connectivity index (χ0v) is 15.0. The number of carboxylic acid groups (broad SMARTS) is 1. The van der Waals surface area contributed by atoms with Crippen LogP contribution in [0.1, 0.15) is 0 Å². The van der Waals surface area contributed by atoms with Gasteiger partial charge in [0.15, 0.2) is 0 Å². The third-order valence-electron chi connectivity index (χ3n) is 3.33. The number of nitrogens with two attached hydrogens (primary N) is 1. The number of amides is 1. The Kier molecular flexibility index (Phi) is 6.19. The van der Waals surface area contributed by atoms with E-state index in [2.05, 4.69) is 10.0 Å². The van der Waals surface area contributed by atoms with Gasteiger partial charge < -0.3 is 16.2 Å². The van der Waals surface area contributed by atoms with Crippen molar-refractivity contribution in [1.29, 1.82) is 0 Å². The Bertz CT molecular complexity index is 929. The minimum absolute atomic E-state index is 0.0427. The predicted octanol–water partition coefficient (Wildman–Crippen LogP) is 1.07. The maximum atomic E-state index is 12.2. The molecule has 26 heavy (non-hydrogen) atoms. The SMILES string of the molecule is Nc1ccc(-c2ccc(S(=O)(=O)NCC(=O)NCC(=O)O)cc2)c(Cl)c1. The Morgan fingerprint density at radius 1 is 1.08 bits per heavy atom. The minimum Gasteiger partial charge on any atom is -0.480 e. The Labute approximate surface area is 155 Å². The molecule has 0 radical (unpaired) electrons. The van der Waals surface area contributed by atoms with Crippen LogP contribution in [0.3, 0.4) is 0 Å². The summed E-state index contributed by atoms with van der Waals surface area (Å²) in [6, 6.07) is 10.9. The summed E-state index contributed by atoms with van der Waals surface area (Å²) >= 11 is 6.13. The first-order valence-corrected chi connectivity index (χ1v) is 9.19. The molecule has 0 fully saturated rings. The summed E-state index contributed by atoms with van der Waals surface area (Å²) in [6.45, 7) is -1.15. The number of carbonyl (C=O) groups excluding carboxylic acids is 1. The normalized spacial score (nSPS) is 11.1. The summed E-state index contributed by atoms with van der Waals surface area (Å²) in [6.07, 6.45) is 0. The highest BCUT2D eigenvalue weighted by molar-refractivity contribution is 7.89. The molecule has 8 nitrogen and oxygen atoms in total. The molecule has 138 valence electrons. The number of benzene rings is 2. The van der Waals surface area contributed by atoms with E-state index in [-0.39, 0.29) is 4.90 Å². The lowest BCUT2D eigenvalue weighted by Gasteiger charge is -2.09. The Hall–Kier alpha value is -2.62. The molecule has 1 amide bonds. The molecule has 0 atom stereocenters. The number of nitrogens with one attached hydrogen (secondary N) is 2. The number of halogens is 1. The van der Waals surface area contributed by atoms with Crippen LogP contribution in [0.4, 0.5) is 5.69 Å². The van der Waals surface area contributed by atoms with Crippen molar-refractivity contribution >= 4 is 39.2 Å². The molecule has 0 aliphatic carbocycles. The molecule has 10 heteroatoms. The number of hydrogen-bond donors (Lipinski definition) is 4. The van der Waals surface area contributed by atoms with E-state index in [1.165, 1.54) is 12.1 Å². The van der Waals surface area contributed by atoms with E-state index < -0.39 is 35.0 Å². The second-order valence-corrected chi connectivity index (χ2v) is 7.43. The molecule has 0 saturated heterocycles. The first kappa shape index (κ1) is 19.7.